The molecule has 0 saturated heterocycles. The third kappa shape index (κ3) is 4.13. The van der Waals surface area contributed by atoms with Crippen LogP contribution >= 0.6 is 0 Å². The van der Waals surface area contributed by atoms with Crippen LogP contribution in [0.4, 0.5) is 5.82 Å². The van der Waals surface area contributed by atoms with Crippen molar-refractivity contribution in [1.29, 1.82) is 0 Å². The number of guanidine groups is 1. The summed E-state index contributed by atoms with van der Waals surface area (Å²) in [6.07, 6.45) is 3.56. The Labute approximate surface area is 96.3 Å². The van der Waals surface area contributed by atoms with E-state index >= 15 is 0 Å². The van der Waals surface area contributed by atoms with Crippen molar-refractivity contribution in [3.05, 3.63) is 37.1 Å². The van der Waals surface area contributed by atoms with E-state index < -0.39 is 0 Å². The average Bonchev–Trinajstić information content (AvgIpc) is 2.28. The first-order chi connectivity index (χ1) is 7.53. The van der Waals surface area contributed by atoms with Crippen molar-refractivity contribution in [2.45, 2.75) is 13.8 Å². The predicted molar refractivity (Wildman–Crippen MR) is 68.3 cm³/mol. The number of aliphatic imine (C=N–C) groups is 1. The number of rotatable bonds is 4. The van der Waals surface area contributed by atoms with Gasteiger partial charge in [0, 0.05) is 11.6 Å². The lowest BCUT2D eigenvalue weighted by molar-refractivity contribution is 0.498. The Morgan fingerprint density at radius 1 is 1.62 bits per heavy atom. The summed E-state index contributed by atoms with van der Waals surface area (Å²) in [5, 5.41) is 2.92. The molecule has 0 amide bonds. The van der Waals surface area contributed by atoms with E-state index in [4.69, 9.17) is 5.73 Å². The molecule has 16 heavy (non-hydrogen) atoms. The van der Waals surface area contributed by atoms with E-state index in [-0.39, 0.29) is 5.41 Å². The number of anilines is 1. The van der Waals surface area contributed by atoms with Crippen LogP contribution < -0.4 is 11.1 Å². The minimum atomic E-state index is -0.0452. The van der Waals surface area contributed by atoms with Gasteiger partial charge >= 0.3 is 0 Å². The zero-order valence-electron chi connectivity index (χ0n) is 9.77. The van der Waals surface area contributed by atoms with Crippen LogP contribution in [-0.2, 0) is 0 Å². The van der Waals surface area contributed by atoms with Gasteiger partial charge in [-0.2, -0.15) is 0 Å². The van der Waals surface area contributed by atoms with Crippen LogP contribution in [0.1, 0.15) is 13.8 Å². The minimum Gasteiger partial charge on any atom is -0.370 e. The highest BCUT2D eigenvalue weighted by atomic mass is 15.1. The van der Waals surface area contributed by atoms with Crippen molar-refractivity contribution in [2.24, 2.45) is 16.1 Å². The number of hydrogen-bond acceptors (Lipinski definition) is 2. The molecule has 1 aromatic heterocycles. The molecule has 0 fully saturated rings. The maximum absolute atomic E-state index is 5.73. The zero-order chi connectivity index (χ0) is 12.0. The van der Waals surface area contributed by atoms with Gasteiger partial charge in [-0.1, -0.05) is 26.0 Å². The van der Waals surface area contributed by atoms with Gasteiger partial charge in [0.05, 0.1) is 6.54 Å². The van der Waals surface area contributed by atoms with Crippen molar-refractivity contribution in [2.75, 3.05) is 11.9 Å². The number of nitrogens with one attached hydrogen (secondary N) is 1. The summed E-state index contributed by atoms with van der Waals surface area (Å²) < 4.78 is 0. The summed E-state index contributed by atoms with van der Waals surface area (Å²) in [5.41, 5.74) is 5.69. The molecule has 0 saturated carbocycles. The topological polar surface area (TPSA) is 63.3 Å². The van der Waals surface area contributed by atoms with E-state index in [1.165, 1.54) is 0 Å². The van der Waals surface area contributed by atoms with Gasteiger partial charge in [-0.15, -0.1) is 6.58 Å². The molecule has 0 unspecified atom stereocenters. The molecule has 86 valence electrons. The van der Waals surface area contributed by atoms with Crippen molar-refractivity contribution in [3.63, 3.8) is 0 Å². The lowest BCUT2D eigenvalue weighted by atomic mass is 9.94. The molecule has 0 aromatic carbocycles. The molecular weight excluding hydrogens is 200 g/mol. The molecule has 1 aromatic rings. The molecule has 0 bridgehead atoms. The summed E-state index contributed by atoms with van der Waals surface area (Å²) in [5.74, 6) is 1.06. The van der Waals surface area contributed by atoms with Crippen LogP contribution in [0.25, 0.3) is 0 Å². The summed E-state index contributed by atoms with van der Waals surface area (Å²) in [7, 11) is 0. The second-order valence-corrected chi connectivity index (χ2v) is 4.23. The van der Waals surface area contributed by atoms with Crippen molar-refractivity contribution in [3.8, 4) is 0 Å². The molecule has 0 aliphatic carbocycles. The normalized spacial score (nSPS) is 12.2. The quantitative estimate of drug-likeness (QED) is 0.461. The Kier molecular flexibility index (Phi) is 4.05. The van der Waals surface area contributed by atoms with Crippen molar-refractivity contribution < 1.29 is 0 Å². The fourth-order valence-electron chi connectivity index (χ4n) is 0.961. The number of aromatic nitrogens is 1. The fourth-order valence-corrected chi connectivity index (χ4v) is 0.961. The van der Waals surface area contributed by atoms with Gasteiger partial charge in [-0.05, 0) is 12.1 Å². The van der Waals surface area contributed by atoms with E-state index in [0.29, 0.717) is 18.3 Å². The predicted octanol–water partition coefficient (Wildman–Crippen LogP) is 2.02. The number of nitrogens with two attached hydrogens (primary N) is 1. The summed E-state index contributed by atoms with van der Waals surface area (Å²) in [6.45, 7) is 8.46. The Bertz CT molecular complexity index is 368. The molecular formula is C12H18N4. The van der Waals surface area contributed by atoms with E-state index in [1.807, 2.05) is 24.3 Å². The van der Waals surface area contributed by atoms with Crippen LogP contribution in [0, 0.1) is 5.41 Å². The van der Waals surface area contributed by atoms with Crippen LogP contribution in [0.3, 0.4) is 0 Å². The molecule has 0 atom stereocenters. The monoisotopic (exact) mass is 218 g/mol. The Hall–Kier alpha value is -1.84. The van der Waals surface area contributed by atoms with Gasteiger partial charge < -0.3 is 11.1 Å². The Morgan fingerprint density at radius 2 is 2.38 bits per heavy atom. The molecule has 0 spiro atoms. The maximum atomic E-state index is 5.73. The summed E-state index contributed by atoms with van der Waals surface area (Å²) in [4.78, 5) is 8.33. The molecule has 0 aliphatic heterocycles. The maximum Gasteiger partial charge on any atom is 0.194 e. The third-order valence-electron chi connectivity index (χ3n) is 2.13. The fraction of sp³-hybridized carbons (Fsp3) is 0.333. The van der Waals surface area contributed by atoms with Gasteiger partial charge in [0.1, 0.15) is 5.82 Å². The summed E-state index contributed by atoms with van der Waals surface area (Å²) >= 11 is 0. The van der Waals surface area contributed by atoms with Gasteiger partial charge in [-0.3, -0.25) is 4.99 Å². The molecule has 1 rings (SSSR count). The Morgan fingerprint density at radius 3 is 2.94 bits per heavy atom. The largest absolute Gasteiger partial charge is 0.370 e. The molecule has 4 nitrogen and oxygen atoms in total. The molecule has 0 aliphatic rings. The molecule has 1 heterocycles. The highest BCUT2D eigenvalue weighted by Gasteiger charge is 2.11. The highest BCUT2D eigenvalue weighted by molar-refractivity contribution is 5.91. The lowest BCUT2D eigenvalue weighted by Gasteiger charge is -2.16. The van der Waals surface area contributed by atoms with Crippen molar-refractivity contribution >= 4 is 11.8 Å². The first-order valence-corrected chi connectivity index (χ1v) is 5.15. The number of pyridine rings is 1. The third-order valence-corrected chi connectivity index (χ3v) is 2.13. The van der Waals surface area contributed by atoms with Crippen LogP contribution in [0.5, 0.6) is 0 Å². The standard InChI is InChI=1S/C12H18N4/c1-4-12(2,3)9-15-11(13)16-10-7-5-6-8-14-10/h4-8H,1,9H2,2-3H3,(H3,13,14,15,16). The first-order valence-electron chi connectivity index (χ1n) is 5.15. The zero-order valence-corrected chi connectivity index (χ0v) is 9.77. The second-order valence-electron chi connectivity index (χ2n) is 4.23. The minimum absolute atomic E-state index is 0.0452. The lowest BCUT2D eigenvalue weighted by Crippen LogP contribution is -2.25. The smallest absolute Gasteiger partial charge is 0.194 e. The van der Waals surface area contributed by atoms with Gasteiger partial charge in [0.25, 0.3) is 0 Å². The van der Waals surface area contributed by atoms with Gasteiger partial charge in [0.2, 0.25) is 0 Å². The van der Waals surface area contributed by atoms with Crippen molar-refractivity contribution in [1.82, 2.24) is 4.98 Å². The second kappa shape index (κ2) is 5.30. The highest BCUT2D eigenvalue weighted by Crippen LogP contribution is 2.15. The number of hydrogen-bond donors (Lipinski definition) is 2. The Balaban J connectivity index is 2.56. The molecule has 4 heteroatoms. The van der Waals surface area contributed by atoms with Crippen LogP contribution in [0.2, 0.25) is 0 Å². The first kappa shape index (κ1) is 12.2. The van der Waals surface area contributed by atoms with E-state index in [1.54, 1.807) is 6.20 Å². The van der Waals surface area contributed by atoms with Gasteiger partial charge in [0.15, 0.2) is 5.96 Å². The summed E-state index contributed by atoms with van der Waals surface area (Å²) in [6, 6.07) is 5.57. The van der Waals surface area contributed by atoms with E-state index in [0.717, 1.165) is 0 Å². The molecule has 0 radical (unpaired) electrons. The molecule has 3 N–H and O–H groups in total. The van der Waals surface area contributed by atoms with Crippen LogP contribution in [-0.4, -0.2) is 17.5 Å². The average molecular weight is 218 g/mol. The number of nitrogens with zero attached hydrogens (tertiary/aromatic N) is 2. The SMILES string of the molecule is C=CC(C)(C)CN=C(N)Nc1ccccn1. The van der Waals surface area contributed by atoms with Crippen LogP contribution in [0.15, 0.2) is 42.0 Å². The van der Waals surface area contributed by atoms with Gasteiger partial charge in [-0.25, -0.2) is 4.98 Å². The van der Waals surface area contributed by atoms with E-state index in [2.05, 4.69) is 35.7 Å². The van der Waals surface area contributed by atoms with E-state index in [9.17, 15) is 0 Å².